The lowest BCUT2D eigenvalue weighted by Crippen LogP contribution is -1.91. The molecule has 0 N–H and O–H groups in total. The Morgan fingerprint density at radius 1 is 1.62 bits per heavy atom. The Balaban J connectivity index is 3.33. The molecule has 0 aliphatic heterocycles. The summed E-state index contributed by atoms with van der Waals surface area (Å²) in [5, 5.41) is 10.8. The highest BCUT2D eigenvalue weighted by molar-refractivity contribution is 9.10. The van der Waals surface area contributed by atoms with Crippen molar-refractivity contribution in [1.29, 1.82) is 0 Å². The van der Waals surface area contributed by atoms with Crippen LogP contribution in [0.4, 0.5) is 5.69 Å². The number of methoxy groups -OCH3 is 1. The molecule has 0 amide bonds. The number of ether oxygens (including phenoxy) is 1. The Hall–Kier alpha value is -0.810. The fourth-order valence-electron chi connectivity index (χ4n) is 0.801. The van der Waals surface area contributed by atoms with Gasteiger partial charge in [-0.15, -0.1) is 0 Å². The summed E-state index contributed by atoms with van der Waals surface area (Å²) in [6, 6.07) is 2.80. The van der Waals surface area contributed by atoms with Gasteiger partial charge < -0.3 is 4.74 Å². The lowest BCUT2D eigenvalue weighted by atomic mass is 10.3. The van der Waals surface area contributed by atoms with Crippen LogP contribution in [0.15, 0.2) is 16.6 Å². The van der Waals surface area contributed by atoms with Crippen molar-refractivity contribution < 1.29 is 9.66 Å². The Labute approximate surface area is 87.7 Å². The van der Waals surface area contributed by atoms with E-state index in [1.54, 1.807) is 0 Å². The van der Waals surface area contributed by atoms with Gasteiger partial charge in [0.1, 0.15) is 10.2 Å². The molecular weight excluding hydrogens is 261 g/mol. The summed E-state index contributed by atoms with van der Waals surface area (Å²) in [5.41, 5.74) is -0.107. The van der Waals surface area contributed by atoms with Crippen molar-refractivity contribution in [3.63, 3.8) is 0 Å². The summed E-state index contributed by atoms with van der Waals surface area (Å²) in [6.45, 7) is 0. The highest BCUT2D eigenvalue weighted by Gasteiger charge is 2.16. The molecule has 0 unspecified atom stereocenters. The molecule has 0 saturated heterocycles. The molecule has 0 spiro atoms. The zero-order valence-electron chi connectivity index (χ0n) is 6.58. The van der Waals surface area contributed by atoms with E-state index in [0.29, 0.717) is 5.75 Å². The Bertz CT molecular complexity index is 356. The van der Waals surface area contributed by atoms with Crippen LogP contribution in [0, 0.1) is 10.1 Å². The SMILES string of the molecule is COc1cc(Cl)c(Br)c([N+](=O)[O-])c1. The van der Waals surface area contributed by atoms with Crippen LogP contribution in [0.3, 0.4) is 0 Å². The van der Waals surface area contributed by atoms with Gasteiger partial charge in [0.25, 0.3) is 5.69 Å². The third-order valence-electron chi connectivity index (χ3n) is 1.41. The molecule has 1 aromatic carbocycles. The molecule has 0 saturated carbocycles. The molecule has 0 radical (unpaired) electrons. The summed E-state index contributed by atoms with van der Waals surface area (Å²) < 4.78 is 5.09. The Kier molecular flexibility index (Phi) is 3.11. The molecule has 0 aliphatic carbocycles. The second-order valence-corrected chi connectivity index (χ2v) is 3.40. The van der Waals surface area contributed by atoms with E-state index in [4.69, 9.17) is 16.3 Å². The predicted octanol–water partition coefficient (Wildman–Crippen LogP) is 3.02. The number of halogens is 2. The number of benzene rings is 1. The van der Waals surface area contributed by atoms with Gasteiger partial charge in [-0.2, -0.15) is 0 Å². The van der Waals surface area contributed by atoms with Gasteiger partial charge >= 0.3 is 0 Å². The molecule has 13 heavy (non-hydrogen) atoms. The minimum Gasteiger partial charge on any atom is -0.496 e. The van der Waals surface area contributed by atoms with Crippen LogP contribution in [0.1, 0.15) is 0 Å². The van der Waals surface area contributed by atoms with E-state index in [2.05, 4.69) is 15.9 Å². The number of hydrogen-bond donors (Lipinski definition) is 0. The van der Waals surface area contributed by atoms with E-state index in [-0.39, 0.29) is 15.2 Å². The van der Waals surface area contributed by atoms with Crippen molar-refractivity contribution in [2.45, 2.75) is 0 Å². The summed E-state index contributed by atoms with van der Waals surface area (Å²) in [4.78, 5) is 9.97. The van der Waals surface area contributed by atoms with E-state index in [0.717, 1.165) is 0 Å². The van der Waals surface area contributed by atoms with Crippen LogP contribution in [-0.2, 0) is 0 Å². The van der Waals surface area contributed by atoms with Crippen molar-refractivity contribution >= 4 is 33.2 Å². The first-order valence-electron chi connectivity index (χ1n) is 3.23. The average Bonchev–Trinajstić information content (AvgIpc) is 2.09. The van der Waals surface area contributed by atoms with E-state index < -0.39 is 4.92 Å². The minimum atomic E-state index is -0.529. The Morgan fingerprint density at radius 2 is 2.23 bits per heavy atom. The first-order valence-corrected chi connectivity index (χ1v) is 4.40. The van der Waals surface area contributed by atoms with Crippen molar-refractivity contribution in [3.8, 4) is 5.75 Å². The van der Waals surface area contributed by atoms with Gasteiger partial charge in [0.05, 0.1) is 23.1 Å². The summed E-state index contributed by atoms with van der Waals surface area (Å²) in [7, 11) is 1.42. The predicted molar refractivity (Wildman–Crippen MR) is 52.4 cm³/mol. The van der Waals surface area contributed by atoms with Gasteiger partial charge in [0.2, 0.25) is 0 Å². The number of nitro benzene ring substituents is 1. The Morgan fingerprint density at radius 3 is 2.69 bits per heavy atom. The lowest BCUT2D eigenvalue weighted by Gasteiger charge is -2.02. The van der Waals surface area contributed by atoms with Crippen molar-refractivity contribution in [1.82, 2.24) is 0 Å². The van der Waals surface area contributed by atoms with Gasteiger partial charge in [0, 0.05) is 6.07 Å². The second-order valence-electron chi connectivity index (χ2n) is 2.20. The normalized spacial score (nSPS) is 9.77. The molecule has 0 aromatic heterocycles. The standard InChI is InChI=1S/C7H5BrClNO3/c1-13-4-2-5(9)7(8)6(3-4)10(11)12/h2-3H,1H3. The fraction of sp³-hybridized carbons (Fsp3) is 0.143. The molecule has 6 heteroatoms. The number of rotatable bonds is 2. The van der Waals surface area contributed by atoms with Crippen LogP contribution in [0.2, 0.25) is 5.02 Å². The van der Waals surface area contributed by atoms with Gasteiger partial charge in [-0.1, -0.05) is 11.6 Å². The maximum absolute atomic E-state index is 10.5. The molecular formula is C7H5BrClNO3. The molecule has 1 rings (SSSR count). The number of hydrogen-bond acceptors (Lipinski definition) is 3. The van der Waals surface area contributed by atoms with Gasteiger partial charge in [0.15, 0.2) is 0 Å². The summed E-state index contributed by atoms with van der Waals surface area (Å²) >= 11 is 8.73. The smallest absolute Gasteiger partial charge is 0.288 e. The zero-order chi connectivity index (χ0) is 10.0. The molecule has 1 aromatic rings. The van der Waals surface area contributed by atoms with Crippen LogP contribution in [0.25, 0.3) is 0 Å². The van der Waals surface area contributed by atoms with Gasteiger partial charge in [-0.05, 0) is 15.9 Å². The minimum absolute atomic E-state index is 0.107. The third kappa shape index (κ3) is 2.10. The first-order chi connectivity index (χ1) is 6.06. The van der Waals surface area contributed by atoms with Crippen molar-refractivity contribution in [2.24, 2.45) is 0 Å². The van der Waals surface area contributed by atoms with Gasteiger partial charge in [-0.25, -0.2) is 0 Å². The summed E-state index contributed by atoms with van der Waals surface area (Å²) in [5.74, 6) is 0.361. The maximum atomic E-state index is 10.5. The van der Waals surface area contributed by atoms with Crippen molar-refractivity contribution in [3.05, 3.63) is 31.7 Å². The van der Waals surface area contributed by atoms with Crippen LogP contribution >= 0.6 is 27.5 Å². The fourth-order valence-corrected chi connectivity index (χ4v) is 1.38. The largest absolute Gasteiger partial charge is 0.496 e. The van der Waals surface area contributed by atoms with E-state index in [9.17, 15) is 10.1 Å². The monoisotopic (exact) mass is 265 g/mol. The molecule has 0 bridgehead atoms. The first kappa shape index (κ1) is 10.3. The maximum Gasteiger partial charge on any atom is 0.288 e. The highest BCUT2D eigenvalue weighted by Crippen LogP contribution is 2.35. The molecule has 0 fully saturated rings. The summed E-state index contributed by atoms with van der Waals surface area (Å²) in [6.07, 6.45) is 0. The molecule has 70 valence electrons. The molecule has 0 atom stereocenters. The van der Waals surface area contributed by atoms with Crippen molar-refractivity contribution in [2.75, 3.05) is 7.11 Å². The molecule has 0 heterocycles. The van der Waals surface area contributed by atoms with Crippen LogP contribution in [-0.4, -0.2) is 12.0 Å². The van der Waals surface area contributed by atoms with Crippen LogP contribution in [0.5, 0.6) is 5.75 Å². The number of nitrogens with zero attached hydrogens (tertiary/aromatic N) is 1. The van der Waals surface area contributed by atoms with E-state index >= 15 is 0 Å². The third-order valence-corrected chi connectivity index (χ3v) is 2.77. The lowest BCUT2D eigenvalue weighted by molar-refractivity contribution is -0.385. The van der Waals surface area contributed by atoms with E-state index in [1.807, 2.05) is 0 Å². The average molecular weight is 266 g/mol. The van der Waals surface area contributed by atoms with Gasteiger partial charge in [-0.3, -0.25) is 10.1 Å². The zero-order valence-corrected chi connectivity index (χ0v) is 8.92. The number of nitro groups is 1. The second kappa shape index (κ2) is 3.93. The van der Waals surface area contributed by atoms with E-state index in [1.165, 1.54) is 19.2 Å². The molecule has 4 nitrogen and oxygen atoms in total. The quantitative estimate of drug-likeness (QED) is 0.611. The molecule has 0 aliphatic rings. The topological polar surface area (TPSA) is 52.4 Å². The highest BCUT2D eigenvalue weighted by atomic mass is 79.9. The van der Waals surface area contributed by atoms with Crippen LogP contribution < -0.4 is 4.74 Å².